The summed E-state index contributed by atoms with van der Waals surface area (Å²) in [5.41, 5.74) is 2.78. The molecule has 0 unspecified atom stereocenters. The van der Waals surface area contributed by atoms with E-state index in [9.17, 15) is 4.79 Å². The van der Waals surface area contributed by atoms with Gasteiger partial charge >= 0.3 is 6.03 Å². The molecule has 122 valence electrons. The highest BCUT2D eigenvalue weighted by atomic mass is 16.5. The number of hydrogen-bond donors (Lipinski definition) is 2. The molecule has 6 nitrogen and oxygen atoms in total. The number of carbonyl (C=O) groups is 1. The summed E-state index contributed by atoms with van der Waals surface area (Å²) in [5, 5.41) is 9.51. The van der Waals surface area contributed by atoms with E-state index in [1.54, 1.807) is 0 Å². The number of nitrogens with zero attached hydrogens (tertiary/aromatic N) is 2. The summed E-state index contributed by atoms with van der Waals surface area (Å²) in [5.74, 6) is 1.06. The Morgan fingerprint density at radius 1 is 1.08 bits per heavy atom. The Morgan fingerprint density at radius 3 is 2.62 bits per heavy atom. The lowest BCUT2D eigenvalue weighted by Gasteiger charge is -2.05. The van der Waals surface area contributed by atoms with E-state index in [4.69, 9.17) is 4.52 Å². The van der Waals surface area contributed by atoms with Crippen molar-refractivity contribution in [1.29, 1.82) is 0 Å². The standard InChI is InChI=1S/C18H18N4O2/c1-13-7-5-6-10-15(13)17-21-16(24-22-17)11-12-19-18(23)20-14-8-3-2-4-9-14/h2-10H,11-12H2,1H3,(H2,19,20,23). The van der Waals surface area contributed by atoms with Gasteiger partial charge in [0.25, 0.3) is 0 Å². The van der Waals surface area contributed by atoms with Crippen molar-refractivity contribution in [3.05, 3.63) is 66.1 Å². The number of hydrogen-bond acceptors (Lipinski definition) is 4. The van der Waals surface area contributed by atoms with E-state index in [2.05, 4.69) is 20.8 Å². The summed E-state index contributed by atoms with van der Waals surface area (Å²) < 4.78 is 5.24. The molecule has 0 atom stereocenters. The molecular weight excluding hydrogens is 304 g/mol. The van der Waals surface area contributed by atoms with Gasteiger partial charge in [0.05, 0.1) is 0 Å². The molecule has 6 heteroatoms. The first-order valence-electron chi connectivity index (χ1n) is 7.71. The topological polar surface area (TPSA) is 80.0 Å². The molecule has 3 aromatic rings. The molecule has 0 spiro atoms. The zero-order valence-electron chi connectivity index (χ0n) is 13.3. The van der Waals surface area contributed by atoms with Gasteiger partial charge < -0.3 is 15.2 Å². The molecule has 2 amide bonds. The third-order valence-electron chi connectivity index (χ3n) is 3.51. The lowest BCUT2D eigenvalue weighted by molar-refractivity contribution is 0.252. The largest absolute Gasteiger partial charge is 0.339 e. The molecular formula is C18H18N4O2. The second-order valence-electron chi connectivity index (χ2n) is 5.32. The van der Waals surface area contributed by atoms with Gasteiger partial charge in [0.1, 0.15) is 0 Å². The number of aromatic nitrogens is 2. The Labute approximate surface area is 139 Å². The van der Waals surface area contributed by atoms with Crippen LogP contribution >= 0.6 is 0 Å². The summed E-state index contributed by atoms with van der Waals surface area (Å²) in [7, 11) is 0. The average molecular weight is 322 g/mol. The van der Waals surface area contributed by atoms with Crippen LogP contribution in [0.1, 0.15) is 11.5 Å². The molecule has 0 aliphatic carbocycles. The molecule has 0 saturated heterocycles. The highest BCUT2D eigenvalue weighted by molar-refractivity contribution is 5.89. The minimum atomic E-state index is -0.264. The smallest absolute Gasteiger partial charge is 0.319 e. The SMILES string of the molecule is Cc1ccccc1-c1noc(CCNC(=O)Nc2ccccc2)n1. The second kappa shape index (κ2) is 7.41. The molecule has 0 radical (unpaired) electrons. The molecule has 2 aromatic carbocycles. The second-order valence-corrected chi connectivity index (χ2v) is 5.32. The number of amides is 2. The highest BCUT2D eigenvalue weighted by Crippen LogP contribution is 2.19. The number of para-hydroxylation sites is 1. The van der Waals surface area contributed by atoms with Crippen molar-refractivity contribution in [2.45, 2.75) is 13.3 Å². The van der Waals surface area contributed by atoms with Crippen LogP contribution in [-0.2, 0) is 6.42 Å². The number of urea groups is 1. The maximum Gasteiger partial charge on any atom is 0.319 e. The fourth-order valence-corrected chi connectivity index (χ4v) is 2.27. The van der Waals surface area contributed by atoms with Crippen molar-refractivity contribution in [2.75, 3.05) is 11.9 Å². The fraction of sp³-hybridized carbons (Fsp3) is 0.167. The molecule has 0 aliphatic rings. The normalized spacial score (nSPS) is 10.4. The minimum Gasteiger partial charge on any atom is -0.339 e. The summed E-state index contributed by atoms with van der Waals surface area (Å²) in [6.45, 7) is 2.41. The lowest BCUT2D eigenvalue weighted by atomic mass is 10.1. The quantitative estimate of drug-likeness (QED) is 0.754. The number of carbonyl (C=O) groups excluding carboxylic acids is 1. The van der Waals surface area contributed by atoms with Gasteiger partial charge in [0, 0.05) is 24.2 Å². The average Bonchev–Trinajstić information content (AvgIpc) is 3.05. The van der Waals surface area contributed by atoms with Crippen molar-refractivity contribution in [3.8, 4) is 11.4 Å². The lowest BCUT2D eigenvalue weighted by Crippen LogP contribution is -2.30. The Hall–Kier alpha value is -3.15. The number of aryl methyl sites for hydroxylation is 1. The summed E-state index contributed by atoms with van der Waals surface area (Å²) in [4.78, 5) is 16.2. The Kier molecular flexibility index (Phi) is 4.86. The highest BCUT2D eigenvalue weighted by Gasteiger charge is 2.10. The van der Waals surface area contributed by atoms with Crippen molar-refractivity contribution >= 4 is 11.7 Å². The van der Waals surface area contributed by atoms with Crippen LogP contribution in [0.15, 0.2) is 59.1 Å². The van der Waals surface area contributed by atoms with Crippen LogP contribution in [0.4, 0.5) is 10.5 Å². The molecule has 2 N–H and O–H groups in total. The zero-order valence-corrected chi connectivity index (χ0v) is 13.3. The zero-order chi connectivity index (χ0) is 16.8. The maximum absolute atomic E-state index is 11.8. The van der Waals surface area contributed by atoms with Gasteiger partial charge in [0.2, 0.25) is 11.7 Å². The first-order chi connectivity index (χ1) is 11.7. The van der Waals surface area contributed by atoms with Crippen molar-refractivity contribution < 1.29 is 9.32 Å². The van der Waals surface area contributed by atoms with Crippen LogP contribution in [-0.4, -0.2) is 22.7 Å². The molecule has 0 fully saturated rings. The van der Waals surface area contributed by atoms with E-state index < -0.39 is 0 Å². The van der Waals surface area contributed by atoms with E-state index >= 15 is 0 Å². The van der Waals surface area contributed by atoms with Gasteiger partial charge in [-0.2, -0.15) is 4.98 Å². The summed E-state index contributed by atoms with van der Waals surface area (Å²) >= 11 is 0. The molecule has 1 aromatic heterocycles. The van der Waals surface area contributed by atoms with Crippen LogP contribution in [0.3, 0.4) is 0 Å². The van der Waals surface area contributed by atoms with E-state index in [0.717, 1.165) is 16.8 Å². The Balaban J connectivity index is 1.51. The van der Waals surface area contributed by atoms with Crippen LogP contribution in [0.2, 0.25) is 0 Å². The monoisotopic (exact) mass is 322 g/mol. The number of nitrogens with one attached hydrogen (secondary N) is 2. The summed E-state index contributed by atoms with van der Waals surface area (Å²) in [6.07, 6.45) is 0.473. The molecule has 1 heterocycles. The van der Waals surface area contributed by atoms with Crippen molar-refractivity contribution in [2.24, 2.45) is 0 Å². The number of anilines is 1. The van der Waals surface area contributed by atoms with Gasteiger partial charge in [-0.15, -0.1) is 0 Å². The molecule has 0 bridgehead atoms. The van der Waals surface area contributed by atoms with Crippen LogP contribution in [0.5, 0.6) is 0 Å². The summed E-state index contributed by atoms with van der Waals surface area (Å²) in [6, 6.07) is 16.9. The van der Waals surface area contributed by atoms with Gasteiger partial charge in [-0.3, -0.25) is 0 Å². The van der Waals surface area contributed by atoms with E-state index in [0.29, 0.717) is 24.7 Å². The predicted molar refractivity (Wildman–Crippen MR) is 91.6 cm³/mol. The third-order valence-corrected chi connectivity index (χ3v) is 3.51. The number of benzene rings is 2. The van der Waals surface area contributed by atoms with Gasteiger partial charge in [-0.25, -0.2) is 4.79 Å². The predicted octanol–water partition coefficient (Wildman–Crippen LogP) is 3.41. The van der Waals surface area contributed by atoms with E-state index in [1.807, 2.05) is 61.5 Å². The van der Waals surface area contributed by atoms with Gasteiger partial charge in [-0.1, -0.05) is 47.6 Å². The molecule has 0 aliphatic heterocycles. The fourth-order valence-electron chi connectivity index (χ4n) is 2.27. The van der Waals surface area contributed by atoms with E-state index in [1.165, 1.54) is 0 Å². The van der Waals surface area contributed by atoms with Crippen LogP contribution < -0.4 is 10.6 Å². The molecule has 3 rings (SSSR count). The number of rotatable bonds is 5. The van der Waals surface area contributed by atoms with Crippen molar-refractivity contribution in [3.63, 3.8) is 0 Å². The molecule has 24 heavy (non-hydrogen) atoms. The molecule has 0 saturated carbocycles. The Bertz CT molecular complexity index is 815. The third kappa shape index (κ3) is 3.98. The first kappa shape index (κ1) is 15.7. The van der Waals surface area contributed by atoms with Gasteiger partial charge in [0.15, 0.2) is 0 Å². The first-order valence-corrected chi connectivity index (χ1v) is 7.71. The van der Waals surface area contributed by atoms with E-state index in [-0.39, 0.29) is 6.03 Å². The maximum atomic E-state index is 11.8. The van der Waals surface area contributed by atoms with Crippen molar-refractivity contribution in [1.82, 2.24) is 15.5 Å². The van der Waals surface area contributed by atoms with Crippen LogP contribution in [0, 0.1) is 6.92 Å². The van der Waals surface area contributed by atoms with Crippen LogP contribution in [0.25, 0.3) is 11.4 Å². The Morgan fingerprint density at radius 2 is 1.83 bits per heavy atom. The van der Waals surface area contributed by atoms with Gasteiger partial charge in [-0.05, 0) is 24.6 Å². The minimum absolute atomic E-state index is 0.264.